The topological polar surface area (TPSA) is 137 Å². The second kappa shape index (κ2) is 7.27. The van der Waals surface area contributed by atoms with Crippen LogP contribution < -0.4 is 11.5 Å². The Morgan fingerprint density at radius 1 is 1.21 bits per heavy atom. The fourth-order valence-electron chi connectivity index (χ4n) is 6.75. The summed E-state index contributed by atoms with van der Waals surface area (Å²) < 4.78 is 0. The van der Waals surface area contributed by atoms with E-state index in [4.69, 9.17) is 11.5 Å². The smallest absolute Gasteiger partial charge is 0.248 e. The molecule has 3 heterocycles. The SMILES string of the molecule is N#C[C@@H]1CC2C[C@@H]2N1C(=O)[C@@H](N)CN1C[C@H]2C[C@@H]1C(=O)N2[C@H]1CCc2cc(C(N)=O)ccc21. The quantitative estimate of drug-likeness (QED) is 0.645. The molecule has 0 radical (unpaired) electrons. The van der Waals surface area contributed by atoms with Crippen molar-refractivity contribution < 1.29 is 14.4 Å². The van der Waals surface area contributed by atoms with Crippen LogP contribution in [-0.2, 0) is 16.0 Å². The van der Waals surface area contributed by atoms with E-state index in [9.17, 15) is 19.6 Å². The highest BCUT2D eigenvalue weighted by molar-refractivity contribution is 5.93. The van der Waals surface area contributed by atoms with Gasteiger partial charge in [-0.2, -0.15) is 5.26 Å². The van der Waals surface area contributed by atoms with Gasteiger partial charge in [-0.25, -0.2) is 0 Å². The van der Waals surface area contributed by atoms with E-state index in [1.165, 1.54) is 0 Å². The van der Waals surface area contributed by atoms with E-state index in [0.29, 0.717) is 24.6 Å². The van der Waals surface area contributed by atoms with Gasteiger partial charge < -0.3 is 21.3 Å². The second-order valence-corrected chi connectivity index (χ2v) is 10.2. The third kappa shape index (κ3) is 3.08. The Hall–Kier alpha value is -2.96. The molecule has 1 saturated carbocycles. The number of piperazine rings is 1. The minimum Gasteiger partial charge on any atom is -0.366 e. The Morgan fingerprint density at radius 3 is 2.76 bits per heavy atom. The summed E-state index contributed by atoms with van der Waals surface area (Å²) >= 11 is 0. The number of fused-ring (bicyclic) bond motifs is 4. The summed E-state index contributed by atoms with van der Waals surface area (Å²) in [6.07, 6.45) is 4.15. The van der Waals surface area contributed by atoms with Crippen LogP contribution in [0.15, 0.2) is 18.2 Å². The predicted molar refractivity (Wildman–Crippen MR) is 117 cm³/mol. The van der Waals surface area contributed by atoms with Crippen LogP contribution in [0.1, 0.15) is 53.2 Å². The first-order valence-electron chi connectivity index (χ1n) is 11.8. The van der Waals surface area contributed by atoms with Crippen LogP contribution in [0.25, 0.3) is 0 Å². The zero-order valence-corrected chi connectivity index (χ0v) is 18.4. The van der Waals surface area contributed by atoms with Crippen LogP contribution in [0.2, 0.25) is 0 Å². The van der Waals surface area contributed by atoms with E-state index < -0.39 is 11.9 Å². The number of carbonyl (C=O) groups is 3. The molecule has 1 aromatic carbocycles. The van der Waals surface area contributed by atoms with Gasteiger partial charge in [-0.05, 0) is 61.3 Å². The maximum atomic E-state index is 13.3. The van der Waals surface area contributed by atoms with Crippen molar-refractivity contribution in [1.29, 1.82) is 5.26 Å². The highest BCUT2D eigenvalue weighted by Gasteiger charge is 2.56. The molecule has 3 aliphatic heterocycles. The Kier molecular flexibility index (Phi) is 4.55. The third-order valence-electron chi connectivity index (χ3n) is 8.38. The van der Waals surface area contributed by atoms with Crippen molar-refractivity contribution in [2.24, 2.45) is 17.4 Å². The molecule has 4 fully saturated rings. The van der Waals surface area contributed by atoms with Gasteiger partial charge in [0.2, 0.25) is 17.7 Å². The number of hydrogen-bond donors (Lipinski definition) is 2. The van der Waals surface area contributed by atoms with Crippen molar-refractivity contribution in [3.8, 4) is 6.07 Å². The maximum Gasteiger partial charge on any atom is 0.248 e. The van der Waals surface area contributed by atoms with Crippen LogP contribution in [0.3, 0.4) is 0 Å². The molecule has 1 aromatic rings. The number of aryl methyl sites for hydroxylation is 1. The molecule has 5 aliphatic rings. The van der Waals surface area contributed by atoms with Crippen molar-refractivity contribution in [2.75, 3.05) is 13.1 Å². The Labute approximate surface area is 192 Å². The number of piperidine rings is 1. The molecule has 3 saturated heterocycles. The number of primary amides is 1. The number of amides is 3. The molecule has 9 nitrogen and oxygen atoms in total. The lowest BCUT2D eigenvalue weighted by atomic mass is 10.0. The number of nitrogens with zero attached hydrogens (tertiary/aromatic N) is 4. The summed E-state index contributed by atoms with van der Waals surface area (Å²) in [4.78, 5) is 43.6. The molecular formula is C24H28N6O3. The highest BCUT2D eigenvalue weighted by atomic mass is 16.2. The lowest BCUT2D eigenvalue weighted by molar-refractivity contribution is -0.141. The zero-order chi connectivity index (χ0) is 23.0. The minimum absolute atomic E-state index is 0.0228. The molecule has 1 unspecified atom stereocenters. The van der Waals surface area contributed by atoms with Gasteiger partial charge >= 0.3 is 0 Å². The van der Waals surface area contributed by atoms with Crippen LogP contribution in [0, 0.1) is 17.2 Å². The first-order valence-corrected chi connectivity index (χ1v) is 11.8. The monoisotopic (exact) mass is 448 g/mol. The number of nitrogens with two attached hydrogens (primary N) is 2. The molecule has 6 rings (SSSR count). The molecule has 3 amide bonds. The molecule has 172 valence electrons. The molecule has 0 aromatic heterocycles. The standard InChI is InChI=1S/C24H28N6O3/c25-9-15-6-14-7-20(14)29(15)23(32)18(26)11-28-10-16-8-21(28)24(33)30(16)19-4-2-12-5-13(22(27)31)1-3-17(12)19/h1,3,5,14-16,18-21H,2,4,6-8,10-11,26H2,(H2,27,31)/t14?,15-,16+,18-,19-,20-,21+/m0/s1. The average molecular weight is 449 g/mol. The summed E-state index contributed by atoms with van der Waals surface area (Å²) in [6, 6.07) is 6.74. The summed E-state index contributed by atoms with van der Waals surface area (Å²) in [6.45, 7) is 1.05. The molecule has 0 spiro atoms. The van der Waals surface area contributed by atoms with E-state index in [1.807, 2.05) is 17.0 Å². The zero-order valence-electron chi connectivity index (χ0n) is 18.4. The van der Waals surface area contributed by atoms with E-state index >= 15 is 0 Å². The highest BCUT2D eigenvalue weighted by Crippen LogP contribution is 2.48. The van der Waals surface area contributed by atoms with Crippen LogP contribution in [0.4, 0.5) is 0 Å². The van der Waals surface area contributed by atoms with Gasteiger partial charge in [0.15, 0.2) is 0 Å². The van der Waals surface area contributed by atoms with Gasteiger partial charge in [0.1, 0.15) is 6.04 Å². The maximum absolute atomic E-state index is 13.3. The van der Waals surface area contributed by atoms with Crippen molar-refractivity contribution in [2.45, 2.75) is 68.4 Å². The fourth-order valence-corrected chi connectivity index (χ4v) is 6.75. The van der Waals surface area contributed by atoms with Gasteiger partial charge in [-0.1, -0.05) is 6.07 Å². The van der Waals surface area contributed by atoms with Crippen LogP contribution >= 0.6 is 0 Å². The minimum atomic E-state index is -0.722. The first kappa shape index (κ1) is 20.6. The Bertz CT molecular complexity index is 1100. The largest absolute Gasteiger partial charge is 0.366 e. The predicted octanol–water partition coefficient (Wildman–Crippen LogP) is -0.102. The van der Waals surface area contributed by atoms with Crippen molar-refractivity contribution in [3.63, 3.8) is 0 Å². The molecular weight excluding hydrogens is 420 g/mol. The Balaban J connectivity index is 1.13. The van der Waals surface area contributed by atoms with Gasteiger partial charge in [-0.3, -0.25) is 19.3 Å². The first-order chi connectivity index (χ1) is 15.9. The average Bonchev–Trinajstić information content (AvgIpc) is 3.15. The van der Waals surface area contributed by atoms with E-state index in [0.717, 1.165) is 43.2 Å². The fraction of sp³-hybridized carbons (Fsp3) is 0.583. The number of rotatable bonds is 5. The summed E-state index contributed by atoms with van der Waals surface area (Å²) in [7, 11) is 0. The van der Waals surface area contributed by atoms with E-state index in [1.54, 1.807) is 11.0 Å². The summed E-state index contributed by atoms with van der Waals surface area (Å²) in [5.74, 6) is -0.0435. The lowest BCUT2D eigenvalue weighted by Gasteiger charge is -2.38. The number of benzene rings is 1. The molecule has 4 N–H and O–H groups in total. The Morgan fingerprint density at radius 2 is 2.03 bits per heavy atom. The molecule has 7 atom stereocenters. The molecule has 9 heteroatoms. The summed E-state index contributed by atoms with van der Waals surface area (Å²) in [5.41, 5.74) is 14.4. The number of carbonyl (C=O) groups excluding carboxylic acids is 3. The molecule has 2 bridgehead atoms. The van der Waals surface area contributed by atoms with Crippen molar-refractivity contribution in [3.05, 3.63) is 34.9 Å². The number of nitriles is 1. The van der Waals surface area contributed by atoms with Gasteiger partial charge in [-0.15, -0.1) is 0 Å². The van der Waals surface area contributed by atoms with E-state index in [2.05, 4.69) is 11.0 Å². The van der Waals surface area contributed by atoms with Gasteiger partial charge in [0, 0.05) is 30.7 Å². The molecule has 33 heavy (non-hydrogen) atoms. The molecule has 2 aliphatic carbocycles. The normalized spacial score (nSPS) is 34.8. The lowest BCUT2D eigenvalue weighted by Crippen LogP contribution is -2.57. The van der Waals surface area contributed by atoms with Crippen molar-refractivity contribution in [1.82, 2.24) is 14.7 Å². The number of hydrogen-bond acceptors (Lipinski definition) is 6. The third-order valence-corrected chi connectivity index (χ3v) is 8.38. The summed E-state index contributed by atoms with van der Waals surface area (Å²) in [5, 5.41) is 9.39. The van der Waals surface area contributed by atoms with Gasteiger partial charge in [0.05, 0.1) is 24.2 Å². The van der Waals surface area contributed by atoms with Gasteiger partial charge in [0.25, 0.3) is 0 Å². The van der Waals surface area contributed by atoms with Crippen molar-refractivity contribution >= 4 is 17.7 Å². The van der Waals surface area contributed by atoms with Crippen LogP contribution in [0.5, 0.6) is 0 Å². The van der Waals surface area contributed by atoms with E-state index in [-0.39, 0.29) is 42.0 Å². The second-order valence-electron chi connectivity index (χ2n) is 10.2. The number of likely N-dealkylation sites (tertiary alicyclic amines) is 3. The van der Waals surface area contributed by atoms with Crippen LogP contribution in [-0.4, -0.2) is 75.7 Å².